The first-order valence-electron chi connectivity index (χ1n) is 7.79. The SMILES string of the molecule is C=C1NC(=O)N(C(C)=O)C(c2ccc3c(c2)OCO3)C1C(=O)OCC. The summed E-state index contributed by atoms with van der Waals surface area (Å²) < 4.78 is 15.8. The number of ether oxygens (including phenoxy) is 3. The predicted octanol–water partition coefficient (Wildman–Crippen LogP) is 1.72. The van der Waals surface area contributed by atoms with Crippen molar-refractivity contribution >= 4 is 17.9 Å². The largest absolute Gasteiger partial charge is 0.465 e. The Kier molecular flexibility index (Phi) is 4.35. The second-order valence-electron chi connectivity index (χ2n) is 5.63. The number of fused-ring (bicyclic) bond motifs is 1. The van der Waals surface area contributed by atoms with Crippen LogP contribution in [0.2, 0.25) is 0 Å². The van der Waals surface area contributed by atoms with Crippen molar-refractivity contribution in [1.29, 1.82) is 0 Å². The number of rotatable bonds is 3. The van der Waals surface area contributed by atoms with Crippen LogP contribution in [-0.4, -0.2) is 36.2 Å². The molecule has 2 atom stereocenters. The second kappa shape index (κ2) is 6.46. The molecule has 1 aromatic carbocycles. The van der Waals surface area contributed by atoms with Crippen molar-refractivity contribution in [3.63, 3.8) is 0 Å². The third kappa shape index (κ3) is 2.90. The van der Waals surface area contributed by atoms with Crippen molar-refractivity contribution in [3.05, 3.63) is 36.0 Å². The van der Waals surface area contributed by atoms with Gasteiger partial charge in [0, 0.05) is 12.6 Å². The highest BCUT2D eigenvalue weighted by Crippen LogP contribution is 2.41. The summed E-state index contributed by atoms with van der Waals surface area (Å²) in [5.41, 5.74) is 0.733. The van der Waals surface area contributed by atoms with Crippen molar-refractivity contribution in [1.82, 2.24) is 10.2 Å². The van der Waals surface area contributed by atoms with E-state index in [1.807, 2.05) is 0 Å². The molecular weight excluding hydrogens is 328 g/mol. The van der Waals surface area contributed by atoms with Gasteiger partial charge in [-0.15, -0.1) is 0 Å². The van der Waals surface area contributed by atoms with Crippen LogP contribution in [0.15, 0.2) is 30.5 Å². The minimum absolute atomic E-state index is 0.0916. The van der Waals surface area contributed by atoms with E-state index < -0.39 is 29.9 Å². The monoisotopic (exact) mass is 346 g/mol. The van der Waals surface area contributed by atoms with Gasteiger partial charge in [-0.2, -0.15) is 0 Å². The van der Waals surface area contributed by atoms with Crippen molar-refractivity contribution in [2.75, 3.05) is 13.4 Å². The van der Waals surface area contributed by atoms with Crippen LogP contribution in [-0.2, 0) is 14.3 Å². The number of imide groups is 1. The number of nitrogens with one attached hydrogen (secondary N) is 1. The third-order valence-corrected chi connectivity index (χ3v) is 4.07. The molecule has 0 spiro atoms. The maximum Gasteiger partial charge on any atom is 0.328 e. The molecule has 0 bridgehead atoms. The predicted molar refractivity (Wildman–Crippen MR) is 85.6 cm³/mol. The Morgan fingerprint density at radius 1 is 1.36 bits per heavy atom. The summed E-state index contributed by atoms with van der Waals surface area (Å²) in [4.78, 5) is 37.9. The van der Waals surface area contributed by atoms with Gasteiger partial charge in [-0.1, -0.05) is 12.6 Å². The Morgan fingerprint density at radius 2 is 2.08 bits per heavy atom. The van der Waals surface area contributed by atoms with E-state index in [2.05, 4.69) is 11.9 Å². The van der Waals surface area contributed by atoms with Gasteiger partial charge < -0.3 is 19.5 Å². The Labute approximate surface area is 144 Å². The summed E-state index contributed by atoms with van der Waals surface area (Å²) in [7, 11) is 0. The number of amides is 3. The topological polar surface area (TPSA) is 94.2 Å². The number of hydrogen-bond acceptors (Lipinski definition) is 6. The van der Waals surface area contributed by atoms with Crippen LogP contribution in [0, 0.1) is 5.92 Å². The van der Waals surface area contributed by atoms with Crippen molar-refractivity contribution in [2.45, 2.75) is 19.9 Å². The van der Waals surface area contributed by atoms with Crippen LogP contribution >= 0.6 is 0 Å². The van der Waals surface area contributed by atoms with Crippen LogP contribution < -0.4 is 14.8 Å². The van der Waals surface area contributed by atoms with Gasteiger partial charge in [0.15, 0.2) is 11.5 Å². The summed E-state index contributed by atoms with van der Waals surface area (Å²) in [5, 5.41) is 2.47. The number of hydrogen-bond donors (Lipinski definition) is 1. The van der Waals surface area contributed by atoms with E-state index in [1.165, 1.54) is 6.92 Å². The summed E-state index contributed by atoms with van der Waals surface area (Å²) >= 11 is 0. The standard InChI is InChI=1S/C17H18N2O6/c1-4-23-16(21)14-9(2)18-17(22)19(10(3)20)15(14)11-5-6-12-13(7-11)25-8-24-12/h5-7,14-15H,2,4,8H2,1,3H3,(H,18,22). The van der Waals surface area contributed by atoms with Gasteiger partial charge in [-0.25, -0.2) is 4.79 Å². The maximum absolute atomic E-state index is 12.5. The van der Waals surface area contributed by atoms with Gasteiger partial charge in [-0.3, -0.25) is 14.5 Å². The lowest BCUT2D eigenvalue weighted by Crippen LogP contribution is -2.55. The average molecular weight is 346 g/mol. The van der Waals surface area contributed by atoms with Gasteiger partial charge in [0.05, 0.1) is 12.6 Å². The number of nitrogens with zero attached hydrogens (tertiary/aromatic N) is 1. The van der Waals surface area contributed by atoms with Crippen LogP contribution in [0.4, 0.5) is 4.79 Å². The van der Waals surface area contributed by atoms with E-state index in [1.54, 1.807) is 25.1 Å². The van der Waals surface area contributed by atoms with Crippen LogP contribution in [0.5, 0.6) is 11.5 Å². The summed E-state index contributed by atoms with van der Waals surface area (Å²) in [6, 6.07) is 3.49. The van der Waals surface area contributed by atoms with Crippen LogP contribution in [0.3, 0.4) is 0 Å². The Hall–Kier alpha value is -3.03. The first-order valence-corrected chi connectivity index (χ1v) is 7.79. The van der Waals surface area contributed by atoms with E-state index in [9.17, 15) is 14.4 Å². The number of urea groups is 1. The fourth-order valence-electron chi connectivity index (χ4n) is 3.02. The fourth-order valence-corrected chi connectivity index (χ4v) is 3.02. The highest BCUT2D eigenvalue weighted by Gasteiger charge is 2.46. The molecule has 8 heteroatoms. The van der Waals surface area contributed by atoms with Gasteiger partial charge in [0.1, 0.15) is 5.92 Å². The van der Waals surface area contributed by atoms with Crippen LogP contribution in [0.25, 0.3) is 0 Å². The van der Waals surface area contributed by atoms with E-state index >= 15 is 0 Å². The molecule has 3 amide bonds. The number of carbonyl (C=O) groups excluding carboxylic acids is 3. The molecule has 1 N–H and O–H groups in total. The Balaban J connectivity index is 2.09. The molecule has 0 aromatic heterocycles. The number of carbonyl (C=O) groups is 3. The van der Waals surface area contributed by atoms with Gasteiger partial charge in [0.25, 0.3) is 0 Å². The molecule has 0 saturated carbocycles. The number of esters is 1. The molecule has 2 aliphatic rings. The minimum Gasteiger partial charge on any atom is -0.465 e. The van der Waals surface area contributed by atoms with Gasteiger partial charge >= 0.3 is 12.0 Å². The fraction of sp³-hybridized carbons (Fsp3) is 0.353. The molecule has 1 saturated heterocycles. The summed E-state index contributed by atoms with van der Waals surface area (Å²) in [6.45, 7) is 6.97. The summed E-state index contributed by atoms with van der Waals surface area (Å²) in [5.74, 6) is -0.949. The zero-order chi connectivity index (χ0) is 18.1. The molecule has 8 nitrogen and oxygen atoms in total. The highest BCUT2D eigenvalue weighted by atomic mass is 16.7. The molecule has 2 heterocycles. The molecule has 25 heavy (non-hydrogen) atoms. The van der Waals surface area contributed by atoms with E-state index in [0.29, 0.717) is 17.1 Å². The lowest BCUT2D eigenvalue weighted by atomic mass is 9.87. The second-order valence-corrected chi connectivity index (χ2v) is 5.63. The molecular formula is C17H18N2O6. The smallest absolute Gasteiger partial charge is 0.328 e. The normalized spacial score (nSPS) is 21.8. The molecule has 132 valence electrons. The first kappa shape index (κ1) is 16.8. The lowest BCUT2D eigenvalue weighted by molar-refractivity contribution is -0.150. The number of benzene rings is 1. The first-order chi connectivity index (χ1) is 11.9. The van der Waals surface area contributed by atoms with Crippen LogP contribution in [0.1, 0.15) is 25.5 Å². The highest BCUT2D eigenvalue weighted by molar-refractivity contribution is 5.97. The average Bonchev–Trinajstić information content (AvgIpc) is 3.01. The molecule has 3 rings (SSSR count). The van der Waals surface area contributed by atoms with Crippen molar-refractivity contribution in [3.8, 4) is 11.5 Å². The van der Waals surface area contributed by atoms with Gasteiger partial charge in [-0.05, 0) is 24.6 Å². The lowest BCUT2D eigenvalue weighted by Gasteiger charge is -2.39. The molecule has 1 fully saturated rings. The van der Waals surface area contributed by atoms with Gasteiger partial charge in [0.2, 0.25) is 12.7 Å². The minimum atomic E-state index is -0.929. The van der Waals surface area contributed by atoms with Crippen molar-refractivity contribution in [2.24, 2.45) is 5.92 Å². The molecule has 2 aliphatic heterocycles. The Morgan fingerprint density at radius 3 is 2.76 bits per heavy atom. The molecule has 1 aromatic rings. The molecule has 0 aliphatic carbocycles. The molecule has 2 unspecified atom stereocenters. The van der Waals surface area contributed by atoms with E-state index in [4.69, 9.17) is 14.2 Å². The maximum atomic E-state index is 12.5. The zero-order valence-corrected chi connectivity index (χ0v) is 13.9. The van der Waals surface area contributed by atoms with E-state index in [0.717, 1.165) is 4.90 Å². The zero-order valence-electron chi connectivity index (χ0n) is 13.9. The van der Waals surface area contributed by atoms with Crippen molar-refractivity contribution < 1.29 is 28.6 Å². The molecule has 0 radical (unpaired) electrons. The summed E-state index contributed by atoms with van der Waals surface area (Å²) in [6.07, 6.45) is 0. The quantitative estimate of drug-likeness (QED) is 0.838. The van der Waals surface area contributed by atoms with E-state index in [-0.39, 0.29) is 19.1 Å². The third-order valence-electron chi connectivity index (χ3n) is 4.07. The Bertz CT molecular complexity index is 760.